The fourth-order valence-electron chi connectivity index (χ4n) is 5.92. The summed E-state index contributed by atoms with van der Waals surface area (Å²) in [5, 5.41) is 10.1. The normalized spacial score (nSPS) is 13.5. The third kappa shape index (κ3) is 4.99. The molecule has 10 heteroatoms. The Morgan fingerprint density at radius 2 is 1.63 bits per heavy atom. The Balaban J connectivity index is 1.40. The molecule has 1 N–H and O–H groups in total. The van der Waals surface area contributed by atoms with Crippen LogP contribution < -0.4 is 14.5 Å². The number of hydrogen-bond donors (Lipinski definition) is 1. The molecule has 0 saturated heterocycles. The minimum absolute atomic E-state index is 0.203. The molecule has 0 unspecified atom stereocenters. The number of aromatic amines is 1. The van der Waals surface area contributed by atoms with Crippen LogP contribution in [0.2, 0.25) is 0 Å². The van der Waals surface area contributed by atoms with Crippen LogP contribution in [-0.4, -0.2) is 56.2 Å². The highest BCUT2D eigenvalue weighted by molar-refractivity contribution is 6.32. The summed E-state index contributed by atoms with van der Waals surface area (Å²) in [6.45, 7) is 3.64. The van der Waals surface area contributed by atoms with Gasteiger partial charge in [-0.3, -0.25) is 19.1 Å². The van der Waals surface area contributed by atoms with E-state index in [4.69, 9.17) is 4.74 Å². The molecule has 3 aromatic carbocycles. The van der Waals surface area contributed by atoms with Crippen molar-refractivity contribution in [2.75, 3.05) is 23.5 Å². The van der Waals surface area contributed by atoms with Crippen molar-refractivity contribution < 1.29 is 14.3 Å². The first-order valence-corrected chi connectivity index (χ1v) is 15.0. The Labute approximate surface area is 265 Å². The highest BCUT2D eigenvalue weighted by Crippen LogP contribution is 2.38. The maximum atomic E-state index is 14.8. The Morgan fingerprint density at radius 1 is 0.913 bits per heavy atom. The van der Waals surface area contributed by atoms with Crippen molar-refractivity contribution in [3.05, 3.63) is 115 Å². The third-order valence-electron chi connectivity index (χ3n) is 8.03. The maximum absolute atomic E-state index is 14.8. The molecule has 6 aromatic rings. The molecule has 4 heterocycles. The molecule has 228 valence electrons. The lowest BCUT2D eigenvalue weighted by molar-refractivity contribution is -0.120. The van der Waals surface area contributed by atoms with Crippen LogP contribution >= 0.6 is 0 Å². The van der Waals surface area contributed by atoms with Gasteiger partial charge in [-0.25, -0.2) is 4.98 Å². The number of nitrogens with zero attached hydrogens (tertiary/aromatic N) is 6. The number of ether oxygens (including phenoxy) is 1. The lowest BCUT2D eigenvalue weighted by Crippen LogP contribution is -2.46. The predicted molar refractivity (Wildman–Crippen MR) is 179 cm³/mol. The number of hydrogen-bond acceptors (Lipinski definition) is 6. The number of nitrogens with one attached hydrogen (secondary N) is 1. The van der Waals surface area contributed by atoms with Crippen molar-refractivity contribution in [1.29, 1.82) is 0 Å². The lowest BCUT2D eigenvalue weighted by atomic mass is 10.1. The summed E-state index contributed by atoms with van der Waals surface area (Å²) in [7, 11) is 1.54. The molecule has 1 aliphatic heterocycles. The number of benzene rings is 3. The molecule has 0 fully saturated rings. The molecule has 0 spiro atoms. The molecule has 0 aliphatic carbocycles. The van der Waals surface area contributed by atoms with E-state index in [-0.39, 0.29) is 24.4 Å². The summed E-state index contributed by atoms with van der Waals surface area (Å²) < 4.78 is 7.12. The van der Waals surface area contributed by atoms with Gasteiger partial charge in [0.15, 0.2) is 11.6 Å². The van der Waals surface area contributed by atoms with Crippen molar-refractivity contribution in [2.45, 2.75) is 19.9 Å². The molecule has 2 amide bonds. The fraction of sp³-hybridized carbons (Fsp3) is 0.139. The van der Waals surface area contributed by atoms with Crippen molar-refractivity contribution in [1.82, 2.24) is 24.7 Å². The van der Waals surface area contributed by atoms with Gasteiger partial charge in [-0.15, -0.1) is 10.2 Å². The Bertz CT molecular complexity index is 2100. The van der Waals surface area contributed by atoms with E-state index in [1.54, 1.807) is 30.3 Å². The minimum atomic E-state index is -0.367. The number of rotatable bonds is 7. The van der Waals surface area contributed by atoms with Gasteiger partial charge in [0.25, 0.3) is 5.91 Å². The van der Waals surface area contributed by atoms with Crippen molar-refractivity contribution >= 4 is 45.7 Å². The number of anilines is 2. The largest absolute Gasteiger partial charge is 0.481 e. The second kappa shape index (κ2) is 11.8. The van der Waals surface area contributed by atoms with Crippen LogP contribution in [0.5, 0.6) is 5.88 Å². The number of carbonyl (C=O) groups is 2. The lowest BCUT2D eigenvalue weighted by Gasteiger charge is -2.30. The van der Waals surface area contributed by atoms with Crippen LogP contribution in [0.15, 0.2) is 103 Å². The number of para-hydroxylation sites is 3. The van der Waals surface area contributed by atoms with Crippen LogP contribution in [0.3, 0.4) is 0 Å². The first kappa shape index (κ1) is 28.7. The highest BCUT2D eigenvalue weighted by atomic mass is 16.5. The average Bonchev–Trinajstić information content (AvgIpc) is 3.69. The Morgan fingerprint density at radius 3 is 2.37 bits per heavy atom. The second-order valence-electron chi connectivity index (χ2n) is 11.2. The van der Waals surface area contributed by atoms with Crippen LogP contribution in [0.25, 0.3) is 39.6 Å². The predicted octanol–water partition coefficient (Wildman–Crippen LogP) is 6.15. The Hall–Kier alpha value is -6.03. The molecule has 10 nitrogen and oxygen atoms in total. The summed E-state index contributed by atoms with van der Waals surface area (Å²) in [5.41, 5.74) is 4.78. The van der Waals surface area contributed by atoms with Crippen LogP contribution in [0.4, 0.5) is 11.4 Å². The number of amides is 2. The summed E-state index contributed by atoms with van der Waals surface area (Å²) in [6, 6.07) is 28.5. The number of fused-ring (bicyclic) bond motifs is 4. The summed E-state index contributed by atoms with van der Waals surface area (Å²) >= 11 is 0. The van der Waals surface area contributed by atoms with E-state index in [2.05, 4.69) is 20.2 Å². The molecule has 1 aliphatic rings. The summed E-state index contributed by atoms with van der Waals surface area (Å²) in [6.07, 6.45) is 5.30. The monoisotopic (exact) mass is 609 g/mol. The zero-order chi connectivity index (χ0) is 31.8. The zero-order valence-electron chi connectivity index (χ0n) is 25.6. The summed E-state index contributed by atoms with van der Waals surface area (Å²) in [4.78, 5) is 39.8. The van der Waals surface area contributed by atoms with Crippen molar-refractivity contribution in [3.63, 3.8) is 0 Å². The van der Waals surface area contributed by atoms with E-state index in [0.717, 1.165) is 22.0 Å². The van der Waals surface area contributed by atoms with E-state index in [1.165, 1.54) is 4.90 Å². The van der Waals surface area contributed by atoms with Crippen molar-refractivity contribution in [2.24, 2.45) is 0 Å². The SMILES string of the molecule is COc1ccc(N(C(=O)CN2C(=O)C(=Cc3c[nH]c4ccccc34)c3nnc(-c4ccccc4)n3-c3ccccc32)C(C)C)cn1. The van der Waals surface area contributed by atoms with Gasteiger partial charge in [-0.05, 0) is 44.2 Å². The third-order valence-corrected chi connectivity index (χ3v) is 8.03. The fourth-order valence-corrected chi connectivity index (χ4v) is 5.92. The van der Waals surface area contributed by atoms with Gasteiger partial charge in [0, 0.05) is 40.3 Å². The zero-order valence-corrected chi connectivity index (χ0v) is 25.6. The standard InChI is InChI=1S/C36H31N7O3/c1-23(2)42(26-17-18-32(46-3)38-21-26)33(44)22-41-30-15-9-10-16-31(30)43-34(24-11-5-4-6-12-24)39-40-35(43)28(36(41)45)19-25-20-37-29-14-8-7-13-27(25)29/h4-21,23,37H,22H2,1-3H3. The van der Waals surface area contributed by atoms with Crippen LogP contribution in [-0.2, 0) is 9.59 Å². The number of carbonyl (C=O) groups excluding carboxylic acids is 2. The minimum Gasteiger partial charge on any atom is -0.481 e. The number of pyridine rings is 1. The van der Waals surface area contributed by atoms with Gasteiger partial charge in [0.05, 0.1) is 35.9 Å². The number of H-pyrrole nitrogens is 1. The Kier molecular flexibility index (Phi) is 7.38. The number of aromatic nitrogens is 5. The van der Waals surface area contributed by atoms with Gasteiger partial charge in [0.2, 0.25) is 11.8 Å². The van der Waals surface area contributed by atoms with Crippen LogP contribution in [0.1, 0.15) is 25.2 Å². The van der Waals surface area contributed by atoms with Gasteiger partial charge < -0.3 is 14.6 Å². The first-order valence-electron chi connectivity index (χ1n) is 15.0. The summed E-state index contributed by atoms with van der Waals surface area (Å²) in [5.74, 6) is 0.783. The smallest absolute Gasteiger partial charge is 0.262 e. The van der Waals surface area contributed by atoms with Gasteiger partial charge in [-0.2, -0.15) is 0 Å². The molecule has 0 atom stereocenters. The van der Waals surface area contributed by atoms with E-state index in [1.807, 2.05) is 110 Å². The van der Waals surface area contributed by atoms with Gasteiger partial charge in [-0.1, -0.05) is 60.7 Å². The molecule has 0 radical (unpaired) electrons. The highest BCUT2D eigenvalue weighted by Gasteiger charge is 2.36. The molecule has 0 bridgehead atoms. The number of methoxy groups -OCH3 is 1. The van der Waals surface area contributed by atoms with E-state index in [0.29, 0.717) is 40.2 Å². The molecular weight excluding hydrogens is 578 g/mol. The molecule has 7 rings (SSSR count). The van der Waals surface area contributed by atoms with Crippen LogP contribution in [0, 0.1) is 0 Å². The van der Waals surface area contributed by atoms with Gasteiger partial charge >= 0.3 is 0 Å². The van der Waals surface area contributed by atoms with E-state index < -0.39 is 0 Å². The van der Waals surface area contributed by atoms with Crippen molar-refractivity contribution in [3.8, 4) is 23.0 Å². The average molecular weight is 610 g/mol. The second-order valence-corrected chi connectivity index (χ2v) is 11.2. The molecular formula is C36H31N7O3. The molecule has 46 heavy (non-hydrogen) atoms. The quantitative estimate of drug-likeness (QED) is 0.218. The van der Waals surface area contributed by atoms with E-state index >= 15 is 0 Å². The topological polar surface area (TPSA) is 109 Å². The first-order chi connectivity index (χ1) is 22.4. The maximum Gasteiger partial charge on any atom is 0.262 e. The van der Waals surface area contributed by atoms with E-state index in [9.17, 15) is 9.59 Å². The van der Waals surface area contributed by atoms with Gasteiger partial charge in [0.1, 0.15) is 6.54 Å². The molecule has 3 aromatic heterocycles. The molecule has 0 saturated carbocycles.